The fourth-order valence-electron chi connectivity index (χ4n) is 2.25. The Hall–Kier alpha value is -2.28. The predicted molar refractivity (Wildman–Crippen MR) is 75.7 cm³/mol. The number of carboxylic acids is 1. The average molecular weight is 294 g/mol. The van der Waals surface area contributed by atoms with Gasteiger partial charge >= 0.3 is 12.0 Å². The second kappa shape index (κ2) is 6.01. The van der Waals surface area contributed by atoms with Crippen molar-refractivity contribution < 1.29 is 24.5 Å². The molecule has 1 heterocycles. The van der Waals surface area contributed by atoms with Crippen LogP contribution >= 0.6 is 0 Å². The maximum atomic E-state index is 12.0. The summed E-state index contributed by atoms with van der Waals surface area (Å²) in [6.07, 6.45) is 1.69. The Balaban J connectivity index is 2.02. The number of hydrogen-bond acceptors (Lipinski definition) is 4. The van der Waals surface area contributed by atoms with E-state index in [1.807, 2.05) is 6.92 Å². The molecule has 1 fully saturated rings. The molecule has 1 atom stereocenters. The molecule has 0 saturated carbocycles. The first-order valence-electron chi connectivity index (χ1n) is 6.63. The molecule has 21 heavy (non-hydrogen) atoms. The van der Waals surface area contributed by atoms with Crippen LogP contribution in [0, 0.1) is 0 Å². The Morgan fingerprint density at radius 3 is 2.76 bits per heavy atom. The highest BCUT2D eigenvalue weighted by Gasteiger charge is 2.29. The van der Waals surface area contributed by atoms with Gasteiger partial charge in [0.1, 0.15) is 11.3 Å². The molecule has 1 unspecified atom stereocenters. The number of aromatic hydroxyl groups is 1. The Morgan fingerprint density at radius 2 is 2.14 bits per heavy atom. The number of carbonyl (C=O) groups excluding carboxylic acids is 1. The fourth-order valence-corrected chi connectivity index (χ4v) is 2.25. The van der Waals surface area contributed by atoms with Crippen molar-refractivity contribution in [1.29, 1.82) is 0 Å². The maximum Gasteiger partial charge on any atom is 0.339 e. The molecule has 7 heteroatoms. The number of ether oxygens (including phenoxy) is 1. The fraction of sp³-hybridized carbons (Fsp3) is 0.429. The van der Waals surface area contributed by atoms with Crippen molar-refractivity contribution in [3.63, 3.8) is 0 Å². The van der Waals surface area contributed by atoms with E-state index in [4.69, 9.17) is 9.84 Å². The normalized spacial score (nSPS) is 21.6. The summed E-state index contributed by atoms with van der Waals surface area (Å²) in [7, 11) is 0. The van der Waals surface area contributed by atoms with Gasteiger partial charge in [0.2, 0.25) is 0 Å². The largest absolute Gasteiger partial charge is 0.507 e. The molecule has 2 rings (SSSR count). The van der Waals surface area contributed by atoms with Crippen LogP contribution in [-0.2, 0) is 4.74 Å². The second-order valence-corrected chi connectivity index (χ2v) is 5.33. The zero-order valence-corrected chi connectivity index (χ0v) is 11.7. The molecule has 0 spiro atoms. The molecule has 4 N–H and O–H groups in total. The standard InChI is InChI=1S/C14H18N2O5/c1-14(5-2-6-21-8-14)16-13(20)15-9-3-4-11(17)10(7-9)12(18)19/h3-4,7,17H,2,5-6,8H2,1H3,(H,18,19)(H2,15,16,20). The number of amides is 2. The minimum atomic E-state index is -1.26. The highest BCUT2D eigenvalue weighted by Crippen LogP contribution is 2.22. The number of rotatable bonds is 3. The lowest BCUT2D eigenvalue weighted by Crippen LogP contribution is -2.52. The Morgan fingerprint density at radius 1 is 1.38 bits per heavy atom. The van der Waals surface area contributed by atoms with E-state index in [9.17, 15) is 14.7 Å². The topological polar surface area (TPSA) is 108 Å². The van der Waals surface area contributed by atoms with Crippen LogP contribution in [0.2, 0.25) is 0 Å². The van der Waals surface area contributed by atoms with E-state index in [0.717, 1.165) is 12.8 Å². The first kappa shape index (κ1) is 15.1. The van der Waals surface area contributed by atoms with Gasteiger partial charge in [-0.2, -0.15) is 0 Å². The smallest absolute Gasteiger partial charge is 0.339 e. The average Bonchev–Trinajstić information content (AvgIpc) is 2.40. The number of carbonyl (C=O) groups is 2. The zero-order valence-electron chi connectivity index (χ0n) is 11.7. The van der Waals surface area contributed by atoms with Gasteiger partial charge in [-0.15, -0.1) is 0 Å². The summed E-state index contributed by atoms with van der Waals surface area (Å²) < 4.78 is 5.35. The number of urea groups is 1. The molecule has 1 aliphatic rings. The first-order valence-corrected chi connectivity index (χ1v) is 6.63. The van der Waals surface area contributed by atoms with Crippen LogP contribution in [0.5, 0.6) is 5.75 Å². The number of hydrogen-bond donors (Lipinski definition) is 4. The van der Waals surface area contributed by atoms with Gasteiger partial charge in [-0.3, -0.25) is 0 Å². The molecule has 0 aliphatic carbocycles. The van der Waals surface area contributed by atoms with E-state index < -0.39 is 17.5 Å². The monoisotopic (exact) mass is 294 g/mol. The zero-order chi connectivity index (χ0) is 15.5. The summed E-state index contributed by atoms with van der Waals surface area (Å²) in [5.41, 5.74) is -0.405. The molecule has 0 aromatic heterocycles. The number of carboxylic acid groups (broad SMARTS) is 1. The van der Waals surface area contributed by atoms with Gasteiger partial charge in [-0.25, -0.2) is 9.59 Å². The number of nitrogens with one attached hydrogen (secondary N) is 2. The van der Waals surface area contributed by atoms with Crippen molar-refractivity contribution in [1.82, 2.24) is 5.32 Å². The number of aromatic carboxylic acids is 1. The lowest BCUT2D eigenvalue weighted by Gasteiger charge is -2.34. The van der Waals surface area contributed by atoms with Gasteiger partial charge in [0.15, 0.2) is 0 Å². The molecule has 1 aromatic rings. The molecular weight excluding hydrogens is 276 g/mol. The lowest BCUT2D eigenvalue weighted by molar-refractivity contribution is 0.0342. The molecule has 0 radical (unpaired) electrons. The van der Waals surface area contributed by atoms with Crippen molar-refractivity contribution in [3.05, 3.63) is 23.8 Å². The first-order chi connectivity index (χ1) is 9.89. The van der Waals surface area contributed by atoms with E-state index in [0.29, 0.717) is 18.9 Å². The molecule has 1 aromatic carbocycles. The third kappa shape index (κ3) is 3.85. The summed E-state index contributed by atoms with van der Waals surface area (Å²) in [4.78, 5) is 22.9. The van der Waals surface area contributed by atoms with E-state index in [-0.39, 0.29) is 11.3 Å². The van der Waals surface area contributed by atoms with Crippen LogP contribution in [0.3, 0.4) is 0 Å². The van der Waals surface area contributed by atoms with Crippen molar-refractivity contribution in [2.24, 2.45) is 0 Å². The summed E-state index contributed by atoms with van der Waals surface area (Å²) in [6, 6.07) is 3.42. The molecule has 1 saturated heterocycles. The third-order valence-electron chi connectivity index (χ3n) is 3.34. The van der Waals surface area contributed by atoms with E-state index >= 15 is 0 Å². The van der Waals surface area contributed by atoms with Crippen LogP contribution in [0.1, 0.15) is 30.1 Å². The SMILES string of the molecule is CC1(NC(=O)Nc2ccc(O)c(C(=O)O)c2)CCCOC1. The van der Waals surface area contributed by atoms with Crippen molar-refractivity contribution in [2.75, 3.05) is 18.5 Å². The number of anilines is 1. The number of phenols is 1. The lowest BCUT2D eigenvalue weighted by atomic mass is 9.95. The van der Waals surface area contributed by atoms with Gasteiger partial charge in [-0.05, 0) is 38.0 Å². The van der Waals surface area contributed by atoms with E-state index in [1.165, 1.54) is 18.2 Å². The van der Waals surface area contributed by atoms with Crippen LogP contribution in [-0.4, -0.2) is 41.0 Å². The van der Waals surface area contributed by atoms with Gasteiger partial charge < -0.3 is 25.6 Å². The molecule has 1 aliphatic heterocycles. The van der Waals surface area contributed by atoms with Gasteiger partial charge in [0.05, 0.1) is 12.1 Å². The van der Waals surface area contributed by atoms with Crippen LogP contribution in [0.4, 0.5) is 10.5 Å². The van der Waals surface area contributed by atoms with Crippen LogP contribution < -0.4 is 10.6 Å². The maximum absolute atomic E-state index is 12.0. The van der Waals surface area contributed by atoms with Crippen molar-refractivity contribution in [3.8, 4) is 5.75 Å². The quantitative estimate of drug-likeness (QED) is 0.636. The Bertz CT molecular complexity index is 552. The number of benzene rings is 1. The van der Waals surface area contributed by atoms with Crippen LogP contribution in [0.15, 0.2) is 18.2 Å². The van der Waals surface area contributed by atoms with Gasteiger partial charge in [0.25, 0.3) is 0 Å². The summed E-state index contributed by atoms with van der Waals surface area (Å²) in [5.74, 6) is -1.61. The van der Waals surface area contributed by atoms with E-state index in [1.54, 1.807) is 0 Å². The minimum absolute atomic E-state index is 0.264. The predicted octanol–water partition coefficient (Wildman–Crippen LogP) is 1.78. The molecule has 0 bridgehead atoms. The Labute approximate surface area is 121 Å². The summed E-state index contributed by atoms with van der Waals surface area (Å²) in [5, 5.41) is 23.7. The highest BCUT2D eigenvalue weighted by molar-refractivity contribution is 5.95. The molecule has 114 valence electrons. The van der Waals surface area contributed by atoms with Crippen LogP contribution in [0.25, 0.3) is 0 Å². The minimum Gasteiger partial charge on any atom is -0.507 e. The molecular formula is C14H18N2O5. The third-order valence-corrected chi connectivity index (χ3v) is 3.34. The molecule has 7 nitrogen and oxygen atoms in total. The van der Waals surface area contributed by atoms with Gasteiger partial charge in [0, 0.05) is 12.3 Å². The summed E-state index contributed by atoms with van der Waals surface area (Å²) >= 11 is 0. The van der Waals surface area contributed by atoms with E-state index in [2.05, 4.69) is 10.6 Å². The summed E-state index contributed by atoms with van der Waals surface area (Å²) in [6.45, 7) is 3.03. The van der Waals surface area contributed by atoms with Crippen molar-refractivity contribution >= 4 is 17.7 Å². The second-order valence-electron chi connectivity index (χ2n) is 5.33. The Kier molecular flexibility index (Phi) is 4.32. The highest BCUT2D eigenvalue weighted by atomic mass is 16.5. The van der Waals surface area contributed by atoms with Gasteiger partial charge in [-0.1, -0.05) is 0 Å². The van der Waals surface area contributed by atoms with Crippen molar-refractivity contribution in [2.45, 2.75) is 25.3 Å². The molecule has 2 amide bonds.